The normalized spacial score (nSPS) is 14.7. The van der Waals surface area contributed by atoms with Crippen molar-refractivity contribution in [1.29, 1.82) is 0 Å². The summed E-state index contributed by atoms with van der Waals surface area (Å²) >= 11 is 1.53. The number of benzene rings is 2. The van der Waals surface area contributed by atoms with E-state index in [2.05, 4.69) is 9.98 Å². The van der Waals surface area contributed by atoms with Crippen LogP contribution in [0.1, 0.15) is 16.8 Å². The van der Waals surface area contributed by atoms with E-state index in [1.807, 2.05) is 41.8 Å². The Hall–Kier alpha value is -3.45. The summed E-state index contributed by atoms with van der Waals surface area (Å²) in [4.78, 5) is 20.7. The van der Waals surface area contributed by atoms with Gasteiger partial charge in [-0.3, -0.25) is 0 Å². The topological polar surface area (TPSA) is 70.0 Å². The van der Waals surface area contributed by atoms with Crippen LogP contribution < -0.4 is 9.47 Å². The first-order valence-electron chi connectivity index (χ1n) is 8.49. The minimum absolute atomic E-state index is 0.233. The number of carbonyl (C=O) groups excluding carboxylic acids is 1. The van der Waals surface area contributed by atoms with Gasteiger partial charge in [-0.2, -0.15) is 0 Å². The molecule has 0 N–H and O–H groups in total. The second kappa shape index (κ2) is 8.06. The van der Waals surface area contributed by atoms with Crippen LogP contribution in [0.25, 0.3) is 6.08 Å². The lowest BCUT2D eigenvalue weighted by atomic mass is 10.2. The highest BCUT2D eigenvalue weighted by Crippen LogP contribution is 2.25. The molecule has 2 heterocycles. The molecule has 0 radical (unpaired) electrons. The molecule has 28 heavy (non-hydrogen) atoms. The van der Waals surface area contributed by atoms with Crippen LogP contribution in [-0.2, 0) is 16.1 Å². The van der Waals surface area contributed by atoms with E-state index >= 15 is 0 Å². The first-order valence-corrected chi connectivity index (χ1v) is 9.43. The van der Waals surface area contributed by atoms with Gasteiger partial charge in [0.05, 0.1) is 23.9 Å². The van der Waals surface area contributed by atoms with E-state index in [1.165, 1.54) is 11.3 Å². The van der Waals surface area contributed by atoms with Crippen molar-refractivity contribution in [3.05, 3.63) is 81.9 Å². The van der Waals surface area contributed by atoms with Crippen molar-refractivity contribution in [1.82, 2.24) is 4.98 Å². The number of aromatic nitrogens is 1. The maximum atomic E-state index is 12.2. The number of thiazole rings is 1. The number of hydrogen-bond acceptors (Lipinski definition) is 7. The minimum atomic E-state index is -0.496. The zero-order valence-corrected chi connectivity index (χ0v) is 15.8. The molecule has 0 aliphatic carbocycles. The Morgan fingerprint density at radius 2 is 1.96 bits per heavy atom. The number of aliphatic imine (C=N–C) groups is 1. The quantitative estimate of drug-likeness (QED) is 0.467. The van der Waals surface area contributed by atoms with Crippen molar-refractivity contribution in [3.8, 4) is 11.5 Å². The third kappa shape index (κ3) is 3.94. The molecule has 1 aliphatic rings. The van der Waals surface area contributed by atoms with E-state index in [9.17, 15) is 4.79 Å². The number of ether oxygens (including phenoxy) is 3. The Bertz CT molecular complexity index is 1040. The second-order valence-electron chi connectivity index (χ2n) is 5.87. The van der Waals surface area contributed by atoms with Crippen molar-refractivity contribution in [2.24, 2.45) is 4.99 Å². The summed E-state index contributed by atoms with van der Waals surface area (Å²) in [6.45, 7) is 0.419. The third-order valence-corrected chi connectivity index (χ3v) is 4.65. The maximum absolute atomic E-state index is 12.2. The fraction of sp³-hybridized carbons (Fsp3) is 0.0952. The Balaban J connectivity index is 1.50. The van der Waals surface area contributed by atoms with Crippen molar-refractivity contribution >= 4 is 29.3 Å². The van der Waals surface area contributed by atoms with Gasteiger partial charge in [0.2, 0.25) is 5.90 Å². The first kappa shape index (κ1) is 17.9. The molecular weight excluding hydrogens is 376 g/mol. The molecule has 0 saturated carbocycles. The van der Waals surface area contributed by atoms with Gasteiger partial charge in [0.15, 0.2) is 5.70 Å². The molecule has 1 aliphatic heterocycles. The van der Waals surface area contributed by atoms with Crippen LogP contribution in [0.5, 0.6) is 11.5 Å². The van der Waals surface area contributed by atoms with E-state index < -0.39 is 5.97 Å². The molecule has 4 rings (SSSR count). The molecule has 0 unspecified atom stereocenters. The zero-order chi connectivity index (χ0) is 19.3. The summed E-state index contributed by atoms with van der Waals surface area (Å²) in [6, 6.07) is 14.6. The molecule has 7 heteroatoms. The molecule has 3 aromatic rings. The van der Waals surface area contributed by atoms with E-state index in [1.54, 1.807) is 30.8 Å². The van der Waals surface area contributed by atoms with Crippen molar-refractivity contribution < 1.29 is 19.0 Å². The second-order valence-corrected chi connectivity index (χ2v) is 6.59. The summed E-state index contributed by atoms with van der Waals surface area (Å²) < 4.78 is 16.3. The molecule has 6 nitrogen and oxygen atoms in total. The van der Waals surface area contributed by atoms with Gasteiger partial charge in [-0.05, 0) is 35.9 Å². The lowest BCUT2D eigenvalue weighted by molar-refractivity contribution is -0.129. The van der Waals surface area contributed by atoms with Gasteiger partial charge in [-0.25, -0.2) is 14.8 Å². The molecular formula is C21H16N2O4S. The third-order valence-electron chi connectivity index (χ3n) is 4.01. The van der Waals surface area contributed by atoms with Crippen LogP contribution in [0, 0.1) is 0 Å². The number of nitrogens with zero attached hydrogens (tertiary/aromatic N) is 2. The van der Waals surface area contributed by atoms with Crippen LogP contribution in [0.2, 0.25) is 0 Å². The molecule has 0 atom stereocenters. The number of hydrogen-bond donors (Lipinski definition) is 0. The maximum Gasteiger partial charge on any atom is 0.363 e. The van der Waals surface area contributed by atoms with E-state index in [4.69, 9.17) is 14.2 Å². The van der Waals surface area contributed by atoms with Gasteiger partial charge in [0, 0.05) is 5.38 Å². The van der Waals surface area contributed by atoms with Crippen molar-refractivity contribution in [2.75, 3.05) is 7.11 Å². The molecule has 0 amide bonds. The van der Waals surface area contributed by atoms with Gasteiger partial charge < -0.3 is 14.2 Å². The molecule has 0 saturated heterocycles. The fourth-order valence-corrected chi connectivity index (χ4v) is 3.17. The smallest absolute Gasteiger partial charge is 0.363 e. The number of cyclic esters (lactones) is 1. The standard InChI is InChI=1S/C21H16N2O4S/c1-25-19-5-3-2-4-17(19)20-23-18(21(24)27-20)10-14-6-8-16(9-7-14)26-11-15-12-28-13-22-15/h2-10,12-13H,11H2,1H3/b18-10-. The van der Waals surface area contributed by atoms with Crippen LogP contribution in [0.3, 0.4) is 0 Å². The minimum Gasteiger partial charge on any atom is -0.496 e. The average molecular weight is 392 g/mol. The number of rotatable bonds is 6. The molecule has 0 bridgehead atoms. The number of esters is 1. The van der Waals surface area contributed by atoms with E-state index in [0.717, 1.165) is 17.0 Å². The molecule has 140 valence electrons. The predicted octanol–water partition coefficient (Wildman–Crippen LogP) is 4.08. The summed E-state index contributed by atoms with van der Waals surface area (Å²) in [6.07, 6.45) is 1.68. The van der Waals surface area contributed by atoms with Crippen LogP contribution in [-0.4, -0.2) is 24.0 Å². The Kier molecular flexibility index (Phi) is 5.16. The highest BCUT2D eigenvalue weighted by atomic mass is 32.1. The van der Waals surface area contributed by atoms with Crippen molar-refractivity contribution in [3.63, 3.8) is 0 Å². The summed E-state index contributed by atoms with van der Waals surface area (Å²) in [5, 5.41) is 1.95. The molecule has 0 fully saturated rings. The predicted molar refractivity (Wildman–Crippen MR) is 106 cm³/mol. The van der Waals surface area contributed by atoms with Crippen LogP contribution in [0.15, 0.2) is 70.1 Å². The summed E-state index contributed by atoms with van der Waals surface area (Å²) in [5.41, 5.74) is 4.35. The molecule has 2 aromatic carbocycles. The first-order chi connectivity index (χ1) is 13.7. The molecule has 1 aromatic heterocycles. The Morgan fingerprint density at radius 3 is 2.71 bits per heavy atom. The SMILES string of the molecule is COc1ccccc1C1=N/C(=C\c2ccc(OCc3cscn3)cc2)C(=O)O1. The number of para-hydroxylation sites is 1. The fourth-order valence-electron chi connectivity index (χ4n) is 2.63. The molecule has 0 spiro atoms. The van der Waals surface area contributed by atoms with Crippen LogP contribution >= 0.6 is 11.3 Å². The monoisotopic (exact) mass is 392 g/mol. The average Bonchev–Trinajstić information content (AvgIpc) is 3.37. The van der Waals surface area contributed by atoms with E-state index in [0.29, 0.717) is 17.9 Å². The Morgan fingerprint density at radius 1 is 1.14 bits per heavy atom. The van der Waals surface area contributed by atoms with Gasteiger partial charge >= 0.3 is 5.97 Å². The number of methoxy groups -OCH3 is 1. The van der Waals surface area contributed by atoms with E-state index in [-0.39, 0.29) is 11.6 Å². The highest BCUT2D eigenvalue weighted by Gasteiger charge is 2.26. The van der Waals surface area contributed by atoms with Gasteiger partial charge in [-0.1, -0.05) is 24.3 Å². The van der Waals surface area contributed by atoms with Gasteiger partial charge in [0.1, 0.15) is 18.1 Å². The van der Waals surface area contributed by atoms with Crippen molar-refractivity contribution in [2.45, 2.75) is 6.61 Å². The number of carbonyl (C=O) groups is 1. The van der Waals surface area contributed by atoms with Crippen LogP contribution in [0.4, 0.5) is 0 Å². The zero-order valence-electron chi connectivity index (χ0n) is 15.0. The Labute approximate surface area is 165 Å². The summed E-state index contributed by atoms with van der Waals surface area (Å²) in [7, 11) is 1.56. The van der Waals surface area contributed by atoms with Gasteiger partial charge in [-0.15, -0.1) is 11.3 Å². The largest absolute Gasteiger partial charge is 0.496 e. The lowest BCUT2D eigenvalue weighted by Gasteiger charge is -2.05. The summed E-state index contributed by atoms with van der Waals surface area (Å²) in [5.74, 6) is 1.06. The van der Waals surface area contributed by atoms with Gasteiger partial charge in [0.25, 0.3) is 0 Å². The lowest BCUT2D eigenvalue weighted by Crippen LogP contribution is -2.06. The highest BCUT2D eigenvalue weighted by molar-refractivity contribution is 7.07.